The van der Waals surface area contributed by atoms with Crippen LogP contribution in [0.3, 0.4) is 0 Å². The van der Waals surface area contributed by atoms with Crippen molar-refractivity contribution in [1.29, 1.82) is 0 Å². The highest BCUT2D eigenvalue weighted by atomic mass is 31.2. The van der Waals surface area contributed by atoms with Gasteiger partial charge in [-0.05, 0) is 20.8 Å². The van der Waals surface area contributed by atoms with E-state index < -0.39 is 31.8 Å². The number of esters is 2. The number of carbonyl (C=O) groups excluding carboxylic acids is 2. The molecule has 0 aliphatic carbocycles. The molecule has 0 aliphatic rings. The van der Waals surface area contributed by atoms with Gasteiger partial charge >= 0.3 is 25.7 Å². The van der Waals surface area contributed by atoms with Crippen LogP contribution in [0.5, 0.6) is 0 Å². The topological polar surface area (TPSA) is 140 Å². The minimum absolute atomic E-state index is 0.180. The minimum Gasteiger partial charge on any atom is -0.392 e. The maximum atomic E-state index is 11.5. The van der Waals surface area contributed by atoms with Crippen molar-refractivity contribution in [3.8, 4) is 0 Å². The van der Waals surface area contributed by atoms with Crippen LogP contribution >= 0.6 is 7.82 Å². The van der Waals surface area contributed by atoms with Gasteiger partial charge in [0.25, 0.3) is 0 Å². The van der Waals surface area contributed by atoms with Crippen molar-refractivity contribution in [2.45, 2.75) is 32.8 Å². The maximum Gasteiger partial charge on any atom is 0.475 e. The van der Waals surface area contributed by atoms with Crippen LogP contribution in [0.25, 0.3) is 0 Å². The van der Waals surface area contributed by atoms with Gasteiger partial charge in [-0.15, -0.1) is 0 Å². The first-order valence-corrected chi connectivity index (χ1v) is 7.06. The highest BCUT2D eigenvalue weighted by Crippen LogP contribution is 2.44. The van der Waals surface area contributed by atoms with E-state index in [0.29, 0.717) is 0 Å². The first-order valence-electron chi connectivity index (χ1n) is 5.53. The Balaban J connectivity index is 5.70. The molecule has 10 heteroatoms. The molecule has 0 heterocycles. The molecule has 0 amide bonds. The van der Waals surface area contributed by atoms with Crippen LogP contribution in [0, 0.1) is 0 Å². The summed E-state index contributed by atoms with van der Waals surface area (Å²) in [5, 5.41) is 9.61. The van der Waals surface area contributed by atoms with Crippen molar-refractivity contribution in [2.75, 3.05) is 0 Å². The van der Waals surface area contributed by atoms with Gasteiger partial charge in [0, 0.05) is 11.1 Å². The maximum absolute atomic E-state index is 11.5. The van der Waals surface area contributed by atoms with Crippen LogP contribution in [-0.2, 0) is 28.2 Å². The monoisotopic (exact) mass is 324 g/mol. The van der Waals surface area contributed by atoms with Crippen LogP contribution in [0.2, 0.25) is 0 Å². The molecule has 0 bridgehead atoms. The number of hydrogen-bond donors (Lipinski definition) is 3. The molecule has 0 aromatic heterocycles. The third kappa shape index (κ3) is 6.19. The second kappa shape index (κ2) is 6.97. The molecule has 0 aromatic rings. The zero-order valence-electron chi connectivity index (χ0n) is 11.7. The molecule has 0 saturated carbocycles. The number of phosphoric ester groups is 1. The van der Waals surface area contributed by atoms with E-state index in [1.165, 1.54) is 13.8 Å². The van der Waals surface area contributed by atoms with Crippen molar-refractivity contribution in [3.63, 3.8) is 0 Å². The Kier molecular flexibility index (Phi) is 6.47. The Morgan fingerprint density at radius 3 is 1.62 bits per heavy atom. The Labute approximate surface area is 121 Å². The number of phosphoric acid groups is 1. The molecule has 9 nitrogen and oxygen atoms in total. The second-order valence-corrected chi connectivity index (χ2v) is 5.36. The number of aliphatic hydroxyl groups excluding tert-OH is 1. The highest BCUT2D eigenvalue weighted by Gasteiger charge is 2.51. The molecule has 1 unspecified atom stereocenters. The largest absolute Gasteiger partial charge is 0.475 e. The van der Waals surface area contributed by atoms with E-state index in [9.17, 15) is 19.3 Å². The quantitative estimate of drug-likeness (QED) is 0.262. The van der Waals surface area contributed by atoms with E-state index >= 15 is 0 Å². The van der Waals surface area contributed by atoms with Crippen LogP contribution in [0.1, 0.15) is 20.8 Å². The van der Waals surface area contributed by atoms with Gasteiger partial charge in [0.15, 0.2) is 6.10 Å². The molecule has 0 fully saturated rings. The van der Waals surface area contributed by atoms with Crippen LogP contribution in [-0.4, -0.2) is 38.9 Å². The standard InChI is InChI=1S/C11H17O9P/c1-6(2)9(13)18-11(8(5)12,20-21(15,16)17)19-10(14)7(3)4/h8,12H,1,3H2,2,4-5H3,(H2,15,16,17). The van der Waals surface area contributed by atoms with Gasteiger partial charge < -0.3 is 24.4 Å². The van der Waals surface area contributed by atoms with Gasteiger partial charge in [-0.1, -0.05) is 13.2 Å². The fourth-order valence-electron chi connectivity index (χ4n) is 0.903. The normalized spacial score (nSPS) is 13.2. The molecule has 0 saturated heterocycles. The van der Waals surface area contributed by atoms with Crippen molar-refractivity contribution in [1.82, 2.24) is 0 Å². The summed E-state index contributed by atoms with van der Waals surface area (Å²) in [7, 11) is -5.29. The molecule has 0 rings (SSSR count). The van der Waals surface area contributed by atoms with E-state index in [4.69, 9.17) is 9.79 Å². The van der Waals surface area contributed by atoms with Crippen molar-refractivity contribution < 1.29 is 43.0 Å². The number of carbonyl (C=O) groups is 2. The molecule has 1 atom stereocenters. The Morgan fingerprint density at radius 1 is 1.10 bits per heavy atom. The summed E-state index contributed by atoms with van der Waals surface area (Å²) < 4.78 is 24.3. The van der Waals surface area contributed by atoms with E-state index in [2.05, 4.69) is 27.2 Å². The van der Waals surface area contributed by atoms with E-state index in [-0.39, 0.29) is 11.1 Å². The number of hydrogen-bond acceptors (Lipinski definition) is 7. The van der Waals surface area contributed by atoms with Crippen molar-refractivity contribution in [3.05, 3.63) is 24.3 Å². The van der Waals surface area contributed by atoms with Crippen molar-refractivity contribution in [2.24, 2.45) is 0 Å². The lowest BCUT2D eigenvalue weighted by Crippen LogP contribution is -2.50. The molecule has 21 heavy (non-hydrogen) atoms. The summed E-state index contributed by atoms with van der Waals surface area (Å²) in [5.74, 6) is -5.43. The lowest BCUT2D eigenvalue weighted by atomic mass is 10.3. The predicted molar refractivity (Wildman–Crippen MR) is 69.4 cm³/mol. The summed E-state index contributed by atoms with van der Waals surface area (Å²) in [6, 6.07) is 0. The zero-order valence-corrected chi connectivity index (χ0v) is 12.6. The van der Waals surface area contributed by atoms with Gasteiger partial charge in [-0.3, -0.25) is 0 Å². The van der Waals surface area contributed by atoms with Crippen LogP contribution in [0.15, 0.2) is 24.3 Å². The van der Waals surface area contributed by atoms with Gasteiger partial charge in [-0.2, -0.15) is 0 Å². The van der Waals surface area contributed by atoms with Gasteiger partial charge in [-0.25, -0.2) is 18.7 Å². The van der Waals surface area contributed by atoms with E-state index in [1.807, 2.05) is 0 Å². The average molecular weight is 324 g/mol. The van der Waals surface area contributed by atoms with Crippen molar-refractivity contribution >= 4 is 19.8 Å². The van der Waals surface area contributed by atoms with E-state index in [0.717, 1.165) is 6.92 Å². The Morgan fingerprint density at radius 2 is 1.43 bits per heavy atom. The fourth-order valence-corrected chi connectivity index (χ4v) is 1.46. The molecule has 0 aromatic carbocycles. The molecule has 0 radical (unpaired) electrons. The summed E-state index contributed by atoms with van der Waals surface area (Å²) in [4.78, 5) is 40.8. The SMILES string of the molecule is C=C(C)C(=O)OC(OC(=O)C(=C)C)(OP(=O)(O)O)C(C)O. The molecule has 3 N–H and O–H groups in total. The van der Waals surface area contributed by atoms with Gasteiger partial charge in [0.05, 0.1) is 0 Å². The summed E-state index contributed by atoms with van der Waals surface area (Å²) >= 11 is 0. The molecule has 120 valence electrons. The highest BCUT2D eigenvalue weighted by molar-refractivity contribution is 7.46. The smallest absolute Gasteiger partial charge is 0.392 e. The lowest BCUT2D eigenvalue weighted by molar-refractivity contribution is -0.344. The molecule has 0 aliphatic heterocycles. The predicted octanol–water partition coefficient (Wildman–Crippen LogP) is 0.369. The number of aliphatic hydroxyl groups is 1. The molecular formula is C11H17O9P. The third-order valence-electron chi connectivity index (χ3n) is 1.92. The van der Waals surface area contributed by atoms with Gasteiger partial charge in [0.1, 0.15) is 0 Å². The minimum atomic E-state index is -5.29. The van der Waals surface area contributed by atoms with Gasteiger partial charge in [0.2, 0.25) is 0 Å². The molecular weight excluding hydrogens is 307 g/mol. The van der Waals surface area contributed by atoms with Crippen LogP contribution < -0.4 is 0 Å². The summed E-state index contributed by atoms with van der Waals surface area (Å²) in [6.45, 7) is 9.89. The Hall–Kier alpha value is -1.51. The Bertz CT molecular complexity index is 474. The van der Waals surface area contributed by atoms with Crippen LogP contribution in [0.4, 0.5) is 0 Å². The number of rotatable bonds is 7. The average Bonchev–Trinajstić information content (AvgIpc) is 2.25. The van der Waals surface area contributed by atoms with E-state index in [1.54, 1.807) is 0 Å². The fraction of sp³-hybridized carbons (Fsp3) is 0.455. The summed E-state index contributed by atoms with van der Waals surface area (Å²) in [5.41, 5.74) is -0.360. The third-order valence-corrected chi connectivity index (χ3v) is 2.42. The zero-order chi connectivity index (χ0) is 17.0. The number of ether oxygens (including phenoxy) is 2. The summed E-state index contributed by atoms with van der Waals surface area (Å²) in [6.07, 6.45) is -1.92. The molecule has 0 spiro atoms. The second-order valence-electron chi connectivity index (χ2n) is 4.20. The first kappa shape index (κ1) is 19.5. The lowest BCUT2D eigenvalue weighted by Gasteiger charge is -2.33. The first-order chi connectivity index (χ1) is 9.30.